The van der Waals surface area contributed by atoms with Gasteiger partial charge in [0.1, 0.15) is 6.10 Å². The minimum Gasteiger partial charge on any atom is -0.490 e. The first-order chi connectivity index (χ1) is 9.60. The molecule has 20 heavy (non-hydrogen) atoms. The molecule has 112 valence electrons. The summed E-state index contributed by atoms with van der Waals surface area (Å²) in [6.45, 7) is 7.69. The van der Waals surface area contributed by atoms with Gasteiger partial charge in [0.05, 0.1) is 18.8 Å². The van der Waals surface area contributed by atoms with Gasteiger partial charge in [-0.15, -0.1) is 0 Å². The molecule has 1 N–H and O–H groups in total. The number of aliphatic hydroxyl groups excluding tert-OH is 1. The molecule has 2 atom stereocenters. The van der Waals surface area contributed by atoms with Crippen LogP contribution >= 0.6 is 0 Å². The lowest BCUT2D eigenvalue weighted by molar-refractivity contribution is -0.0796. The molecule has 1 saturated heterocycles. The first-order valence-electron chi connectivity index (χ1n) is 7.32. The predicted octanol–water partition coefficient (Wildman–Crippen LogP) is 3.09. The third kappa shape index (κ3) is 3.07. The van der Waals surface area contributed by atoms with E-state index in [1.165, 1.54) is 0 Å². The number of benzene rings is 1. The summed E-state index contributed by atoms with van der Waals surface area (Å²) < 4.78 is 16.8. The van der Waals surface area contributed by atoms with E-state index < -0.39 is 11.7 Å². The maximum Gasteiger partial charge on any atom is 0.161 e. The normalized spacial score (nSPS) is 23.6. The zero-order chi connectivity index (χ0) is 14.6. The highest BCUT2D eigenvalue weighted by atomic mass is 16.5. The molecule has 0 aromatic heterocycles. The summed E-state index contributed by atoms with van der Waals surface area (Å²) in [5.41, 5.74) is 0.303. The molecule has 2 unspecified atom stereocenters. The highest BCUT2D eigenvalue weighted by molar-refractivity contribution is 5.44. The molecule has 1 aliphatic heterocycles. The van der Waals surface area contributed by atoms with Gasteiger partial charge in [-0.2, -0.15) is 0 Å². The lowest BCUT2D eigenvalue weighted by Crippen LogP contribution is -2.31. The first kappa shape index (κ1) is 15.1. The molecule has 1 aromatic rings. The van der Waals surface area contributed by atoms with Crippen LogP contribution in [-0.4, -0.2) is 30.5 Å². The molecule has 0 aliphatic carbocycles. The largest absolute Gasteiger partial charge is 0.490 e. The average Bonchev–Trinajstić information content (AvgIpc) is 2.89. The molecular weight excluding hydrogens is 256 g/mol. The molecule has 0 saturated carbocycles. The molecule has 0 bridgehead atoms. The van der Waals surface area contributed by atoms with Crippen molar-refractivity contribution in [3.05, 3.63) is 23.8 Å². The number of ether oxygens (including phenoxy) is 3. The minimum atomic E-state index is -0.653. The van der Waals surface area contributed by atoms with E-state index in [1.807, 2.05) is 39.0 Å². The van der Waals surface area contributed by atoms with E-state index in [0.29, 0.717) is 31.3 Å². The fourth-order valence-corrected chi connectivity index (χ4v) is 2.61. The summed E-state index contributed by atoms with van der Waals surface area (Å²) in [7, 11) is 0. The fourth-order valence-electron chi connectivity index (χ4n) is 2.61. The lowest BCUT2D eigenvalue weighted by Gasteiger charge is -2.30. The van der Waals surface area contributed by atoms with Gasteiger partial charge in [0, 0.05) is 6.61 Å². The van der Waals surface area contributed by atoms with Crippen molar-refractivity contribution in [2.24, 2.45) is 0 Å². The number of hydrogen-bond donors (Lipinski definition) is 1. The van der Waals surface area contributed by atoms with Gasteiger partial charge in [0.2, 0.25) is 0 Å². The van der Waals surface area contributed by atoms with E-state index in [0.717, 1.165) is 18.4 Å². The smallest absolute Gasteiger partial charge is 0.161 e. The summed E-state index contributed by atoms with van der Waals surface area (Å²) in [5, 5.41) is 10.6. The SMILES string of the molecule is CCOc1ccc(C(O)C2(C)CCCO2)cc1OCC. The van der Waals surface area contributed by atoms with Crippen LogP contribution in [0, 0.1) is 0 Å². The van der Waals surface area contributed by atoms with Crippen LogP contribution in [0.4, 0.5) is 0 Å². The lowest BCUT2D eigenvalue weighted by atomic mass is 9.90. The van der Waals surface area contributed by atoms with Gasteiger partial charge in [-0.1, -0.05) is 6.07 Å². The van der Waals surface area contributed by atoms with Gasteiger partial charge in [0.15, 0.2) is 11.5 Å². The molecule has 0 radical (unpaired) electrons. The van der Waals surface area contributed by atoms with Crippen LogP contribution in [0.1, 0.15) is 45.3 Å². The standard InChI is InChI=1S/C16H24O4/c1-4-18-13-8-7-12(11-14(13)19-5-2)15(17)16(3)9-6-10-20-16/h7-8,11,15,17H,4-6,9-10H2,1-3H3. The van der Waals surface area contributed by atoms with Crippen molar-refractivity contribution in [2.45, 2.75) is 45.3 Å². The molecule has 0 spiro atoms. The van der Waals surface area contributed by atoms with Crippen molar-refractivity contribution < 1.29 is 19.3 Å². The third-order valence-corrected chi connectivity index (χ3v) is 3.71. The maximum absolute atomic E-state index is 10.6. The highest BCUT2D eigenvalue weighted by Crippen LogP contribution is 2.40. The van der Waals surface area contributed by atoms with Crippen LogP contribution in [0.5, 0.6) is 11.5 Å². The van der Waals surface area contributed by atoms with Gasteiger partial charge in [-0.25, -0.2) is 0 Å². The quantitative estimate of drug-likeness (QED) is 0.870. The van der Waals surface area contributed by atoms with E-state index in [9.17, 15) is 5.11 Å². The Labute approximate surface area is 120 Å². The first-order valence-corrected chi connectivity index (χ1v) is 7.32. The molecule has 4 nitrogen and oxygen atoms in total. The summed E-state index contributed by atoms with van der Waals surface area (Å²) >= 11 is 0. The maximum atomic E-state index is 10.6. The highest BCUT2D eigenvalue weighted by Gasteiger charge is 2.38. The monoisotopic (exact) mass is 280 g/mol. The molecule has 1 aromatic carbocycles. The van der Waals surface area contributed by atoms with E-state index in [-0.39, 0.29) is 0 Å². The minimum absolute atomic E-state index is 0.503. The van der Waals surface area contributed by atoms with Crippen LogP contribution in [0.25, 0.3) is 0 Å². The van der Waals surface area contributed by atoms with Crippen molar-refractivity contribution in [1.29, 1.82) is 0 Å². The Bertz CT molecular complexity index is 438. The van der Waals surface area contributed by atoms with Crippen molar-refractivity contribution in [1.82, 2.24) is 0 Å². The van der Waals surface area contributed by atoms with Gasteiger partial charge >= 0.3 is 0 Å². The fraction of sp³-hybridized carbons (Fsp3) is 0.625. The van der Waals surface area contributed by atoms with E-state index >= 15 is 0 Å². The Kier molecular flexibility index (Phi) is 4.89. The van der Waals surface area contributed by atoms with Crippen LogP contribution in [0.2, 0.25) is 0 Å². The number of aliphatic hydroxyl groups is 1. The zero-order valence-corrected chi connectivity index (χ0v) is 12.5. The van der Waals surface area contributed by atoms with Crippen LogP contribution in [0.15, 0.2) is 18.2 Å². The van der Waals surface area contributed by atoms with Crippen molar-refractivity contribution in [2.75, 3.05) is 19.8 Å². The molecular formula is C16H24O4. The Hall–Kier alpha value is -1.26. The zero-order valence-electron chi connectivity index (χ0n) is 12.5. The number of hydrogen-bond acceptors (Lipinski definition) is 4. The second-order valence-corrected chi connectivity index (χ2v) is 5.24. The van der Waals surface area contributed by atoms with Gasteiger partial charge in [-0.05, 0) is 51.3 Å². The number of rotatable bonds is 6. The van der Waals surface area contributed by atoms with E-state index in [1.54, 1.807) is 0 Å². The predicted molar refractivity (Wildman–Crippen MR) is 77.3 cm³/mol. The van der Waals surface area contributed by atoms with Gasteiger partial charge < -0.3 is 19.3 Å². The average molecular weight is 280 g/mol. The molecule has 2 rings (SSSR count). The second-order valence-electron chi connectivity index (χ2n) is 5.24. The van der Waals surface area contributed by atoms with Crippen molar-refractivity contribution in [3.63, 3.8) is 0 Å². The van der Waals surface area contributed by atoms with E-state index in [2.05, 4.69) is 0 Å². The Morgan fingerprint density at radius 2 is 1.95 bits per heavy atom. The summed E-state index contributed by atoms with van der Waals surface area (Å²) in [6, 6.07) is 5.59. The Balaban J connectivity index is 2.25. The molecule has 1 aliphatic rings. The molecule has 0 amide bonds. The van der Waals surface area contributed by atoms with Crippen LogP contribution < -0.4 is 9.47 Å². The summed E-state index contributed by atoms with van der Waals surface area (Å²) in [5.74, 6) is 1.38. The van der Waals surface area contributed by atoms with E-state index in [4.69, 9.17) is 14.2 Å². The molecule has 1 fully saturated rings. The molecule has 4 heteroatoms. The van der Waals surface area contributed by atoms with Crippen LogP contribution in [-0.2, 0) is 4.74 Å². The topological polar surface area (TPSA) is 47.9 Å². The Morgan fingerprint density at radius 3 is 2.55 bits per heavy atom. The molecule has 1 heterocycles. The second kappa shape index (κ2) is 6.46. The third-order valence-electron chi connectivity index (χ3n) is 3.71. The van der Waals surface area contributed by atoms with Crippen molar-refractivity contribution in [3.8, 4) is 11.5 Å². The van der Waals surface area contributed by atoms with Gasteiger partial charge in [-0.3, -0.25) is 0 Å². The van der Waals surface area contributed by atoms with Crippen molar-refractivity contribution >= 4 is 0 Å². The Morgan fingerprint density at radius 1 is 1.25 bits per heavy atom. The van der Waals surface area contributed by atoms with Gasteiger partial charge in [0.25, 0.3) is 0 Å². The van der Waals surface area contributed by atoms with Crippen LogP contribution in [0.3, 0.4) is 0 Å². The summed E-state index contributed by atoms with van der Waals surface area (Å²) in [6.07, 6.45) is 1.20. The summed E-state index contributed by atoms with van der Waals surface area (Å²) in [4.78, 5) is 0.